The van der Waals surface area contributed by atoms with Crippen LogP contribution in [0.15, 0.2) is 30.3 Å². The molecule has 184 valence electrons. The zero-order valence-electron chi connectivity index (χ0n) is 21.2. The number of nitrogens with one attached hydrogen (secondary N) is 1. The predicted octanol–water partition coefficient (Wildman–Crippen LogP) is 5.34. The van der Waals surface area contributed by atoms with Gasteiger partial charge in [0.2, 0.25) is 0 Å². The standard InChI is InChI=1S/C28H34ClN5O/c1-16-6-8-20-24(31-34(5)25(20)30-16)22-13-21(22)19-9-7-17(12-23(19)29)26(35)33(4)18-14-27(2)10-11-28(3,15-18)32-27/h6-9,12,18,21-22,32H,10-11,13-15H2,1-5H3/t18?,21?,22?,27-,28+. The molecule has 2 bridgehead atoms. The molecule has 3 aliphatic rings. The van der Waals surface area contributed by atoms with E-state index in [9.17, 15) is 4.79 Å². The van der Waals surface area contributed by atoms with E-state index in [-0.39, 0.29) is 23.0 Å². The van der Waals surface area contributed by atoms with Crippen molar-refractivity contribution in [3.63, 3.8) is 0 Å². The van der Waals surface area contributed by atoms with Gasteiger partial charge in [-0.3, -0.25) is 9.48 Å². The lowest BCUT2D eigenvalue weighted by Gasteiger charge is -2.45. The van der Waals surface area contributed by atoms with Gasteiger partial charge < -0.3 is 10.2 Å². The molecule has 3 unspecified atom stereocenters. The van der Waals surface area contributed by atoms with Gasteiger partial charge in [-0.2, -0.15) is 5.10 Å². The van der Waals surface area contributed by atoms with E-state index in [0.29, 0.717) is 22.4 Å². The van der Waals surface area contributed by atoms with E-state index in [0.717, 1.165) is 47.2 Å². The van der Waals surface area contributed by atoms with E-state index in [1.807, 2.05) is 48.8 Å². The fourth-order valence-electron chi connectivity index (χ4n) is 6.80. The molecule has 4 heterocycles. The molecule has 5 atom stereocenters. The summed E-state index contributed by atoms with van der Waals surface area (Å²) in [5.74, 6) is 0.710. The molecular formula is C28H34ClN5O. The number of hydrogen-bond donors (Lipinski definition) is 1. The van der Waals surface area contributed by atoms with Crippen molar-refractivity contribution < 1.29 is 4.79 Å². The summed E-state index contributed by atoms with van der Waals surface area (Å²) in [6.07, 6.45) is 5.34. The minimum Gasteiger partial charge on any atom is -0.339 e. The maximum Gasteiger partial charge on any atom is 0.253 e. The van der Waals surface area contributed by atoms with E-state index in [1.54, 1.807) is 0 Å². The number of amides is 1. The molecule has 3 fully saturated rings. The number of halogens is 1. The number of nitrogens with zero attached hydrogens (tertiary/aromatic N) is 4. The van der Waals surface area contributed by atoms with E-state index >= 15 is 0 Å². The van der Waals surface area contributed by atoms with Crippen molar-refractivity contribution in [3.8, 4) is 0 Å². The molecule has 1 amide bonds. The molecule has 2 aromatic heterocycles. The topological polar surface area (TPSA) is 63.1 Å². The Morgan fingerprint density at radius 1 is 1.14 bits per heavy atom. The predicted molar refractivity (Wildman–Crippen MR) is 139 cm³/mol. The smallest absolute Gasteiger partial charge is 0.253 e. The number of aryl methyl sites for hydroxylation is 2. The number of piperidine rings is 1. The van der Waals surface area contributed by atoms with E-state index in [2.05, 4.69) is 36.3 Å². The lowest BCUT2D eigenvalue weighted by atomic mass is 9.84. The summed E-state index contributed by atoms with van der Waals surface area (Å²) in [6, 6.07) is 10.3. The van der Waals surface area contributed by atoms with Crippen molar-refractivity contribution in [2.24, 2.45) is 7.05 Å². The summed E-state index contributed by atoms with van der Waals surface area (Å²) in [6.45, 7) is 6.59. The number of fused-ring (bicyclic) bond motifs is 3. The van der Waals surface area contributed by atoms with Crippen LogP contribution in [0.1, 0.15) is 85.1 Å². The quantitative estimate of drug-likeness (QED) is 0.535. The summed E-state index contributed by atoms with van der Waals surface area (Å²) in [7, 11) is 3.90. The average Bonchev–Trinajstić information content (AvgIpc) is 3.47. The summed E-state index contributed by atoms with van der Waals surface area (Å²) < 4.78 is 1.88. The molecule has 0 spiro atoms. The summed E-state index contributed by atoms with van der Waals surface area (Å²) in [5, 5.41) is 10.4. The lowest BCUT2D eigenvalue weighted by molar-refractivity contribution is 0.0597. The van der Waals surface area contributed by atoms with Crippen LogP contribution in [0.2, 0.25) is 5.02 Å². The fraction of sp³-hybridized carbons (Fsp3) is 0.536. The zero-order valence-corrected chi connectivity index (χ0v) is 22.0. The maximum atomic E-state index is 13.4. The number of hydrogen-bond acceptors (Lipinski definition) is 4. The molecule has 6 nitrogen and oxygen atoms in total. The fourth-order valence-corrected chi connectivity index (χ4v) is 7.12. The Morgan fingerprint density at radius 2 is 1.86 bits per heavy atom. The van der Waals surface area contributed by atoms with Crippen LogP contribution in [0.3, 0.4) is 0 Å². The number of carbonyl (C=O) groups is 1. The van der Waals surface area contributed by atoms with Crippen LogP contribution in [0.25, 0.3) is 11.0 Å². The molecule has 1 saturated carbocycles. The summed E-state index contributed by atoms with van der Waals surface area (Å²) >= 11 is 6.78. The first kappa shape index (κ1) is 23.0. The van der Waals surface area contributed by atoms with Crippen molar-refractivity contribution >= 4 is 28.5 Å². The van der Waals surface area contributed by atoms with Crippen molar-refractivity contribution in [1.82, 2.24) is 25.0 Å². The van der Waals surface area contributed by atoms with Crippen molar-refractivity contribution in [3.05, 3.63) is 57.9 Å². The van der Waals surface area contributed by atoms with Crippen molar-refractivity contribution in [2.75, 3.05) is 7.05 Å². The summed E-state index contributed by atoms with van der Waals surface area (Å²) in [4.78, 5) is 20.0. The molecule has 0 radical (unpaired) electrons. The Labute approximate surface area is 212 Å². The molecule has 2 saturated heterocycles. The van der Waals surface area contributed by atoms with Gasteiger partial charge in [-0.1, -0.05) is 17.7 Å². The number of pyridine rings is 1. The zero-order chi connectivity index (χ0) is 24.7. The number of benzene rings is 1. The van der Waals surface area contributed by atoms with Gasteiger partial charge in [-0.15, -0.1) is 0 Å². The van der Waals surface area contributed by atoms with E-state index < -0.39 is 0 Å². The molecule has 3 aromatic rings. The first-order chi connectivity index (χ1) is 16.6. The number of aromatic nitrogens is 3. The highest BCUT2D eigenvalue weighted by Gasteiger charge is 2.50. The third kappa shape index (κ3) is 3.86. The SMILES string of the molecule is Cc1ccc2c(C3CC3c3ccc(C(=O)N(C)C4C[C@]5(C)CC[C@](C)(C4)N5)cc3Cl)nn(C)c2n1. The second kappa shape index (κ2) is 7.78. The van der Waals surface area contributed by atoms with Gasteiger partial charge in [0, 0.05) is 58.8 Å². The molecule has 1 aliphatic carbocycles. The first-order valence-electron chi connectivity index (χ1n) is 12.7. The average molecular weight is 492 g/mol. The second-order valence-corrected chi connectivity index (χ2v) is 12.1. The van der Waals surface area contributed by atoms with E-state index in [1.165, 1.54) is 12.8 Å². The Morgan fingerprint density at radius 3 is 2.54 bits per heavy atom. The van der Waals surface area contributed by atoms with Gasteiger partial charge in [0.15, 0.2) is 5.65 Å². The monoisotopic (exact) mass is 491 g/mol. The van der Waals surface area contributed by atoms with Gasteiger partial charge in [0.1, 0.15) is 0 Å². The number of carbonyl (C=O) groups excluding carboxylic acids is 1. The lowest BCUT2D eigenvalue weighted by Crippen LogP contribution is -2.59. The van der Waals surface area contributed by atoms with Gasteiger partial charge in [0.25, 0.3) is 5.91 Å². The van der Waals surface area contributed by atoms with Gasteiger partial charge in [-0.05, 0) is 88.6 Å². The van der Waals surface area contributed by atoms with Crippen LogP contribution in [-0.4, -0.2) is 49.7 Å². The minimum absolute atomic E-state index is 0.0569. The third-order valence-corrected chi connectivity index (χ3v) is 9.04. The Hall–Kier alpha value is -2.44. The molecule has 7 heteroatoms. The highest BCUT2D eigenvalue weighted by atomic mass is 35.5. The van der Waals surface area contributed by atoms with Gasteiger partial charge in [-0.25, -0.2) is 4.98 Å². The molecule has 1 aromatic carbocycles. The van der Waals surface area contributed by atoms with Crippen LogP contribution < -0.4 is 5.32 Å². The Balaban J connectivity index is 1.20. The summed E-state index contributed by atoms with van der Waals surface area (Å²) in [5.41, 5.74) is 5.04. The second-order valence-electron chi connectivity index (χ2n) is 11.7. The normalized spacial score (nSPS) is 31.7. The van der Waals surface area contributed by atoms with Crippen LogP contribution in [0.5, 0.6) is 0 Å². The van der Waals surface area contributed by atoms with Crippen LogP contribution >= 0.6 is 11.6 Å². The third-order valence-electron chi connectivity index (χ3n) is 8.72. The highest BCUT2D eigenvalue weighted by Crippen LogP contribution is 2.57. The molecule has 1 N–H and O–H groups in total. The highest BCUT2D eigenvalue weighted by molar-refractivity contribution is 6.31. The Bertz CT molecular complexity index is 1330. The van der Waals surface area contributed by atoms with Crippen LogP contribution in [0, 0.1) is 6.92 Å². The van der Waals surface area contributed by atoms with Crippen LogP contribution in [-0.2, 0) is 7.05 Å². The minimum atomic E-state index is 0.0569. The maximum absolute atomic E-state index is 13.4. The van der Waals surface area contributed by atoms with E-state index in [4.69, 9.17) is 16.7 Å². The molecular weight excluding hydrogens is 458 g/mol. The largest absolute Gasteiger partial charge is 0.339 e. The van der Waals surface area contributed by atoms with Gasteiger partial charge in [0.05, 0.1) is 5.69 Å². The molecule has 2 aliphatic heterocycles. The van der Waals surface area contributed by atoms with Crippen molar-refractivity contribution in [1.29, 1.82) is 0 Å². The molecule has 6 rings (SSSR count). The first-order valence-corrected chi connectivity index (χ1v) is 13.1. The number of rotatable bonds is 4. The van der Waals surface area contributed by atoms with Crippen LogP contribution in [0.4, 0.5) is 0 Å². The van der Waals surface area contributed by atoms with Gasteiger partial charge >= 0.3 is 0 Å². The Kier molecular flexibility index (Phi) is 5.11. The van der Waals surface area contributed by atoms with Crippen molar-refractivity contribution in [2.45, 2.75) is 81.8 Å². The molecule has 35 heavy (non-hydrogen) atoms.